The summed E-state index contributed by atoms with van der Waals surface area (Å²) in [4.78, 5) is 10.1. The van der Waals surface area contributed by atoms with Gasteiger partial charge in [-0.05, 0) is 23.3 Å². The summed E-state index contributed by atoms with van der Waals surface area (Å²) in [6.45, 7) is 0.813. The molecule has 0 aliphatic carbocycles. The molecule has 0 fully saturated rings. The van der Waals surface area contributed by atoms with Crippen molar-refractivity contribution < 1.29 is 18.1 Å². The number of halogens is 3. The third-order valence-corrected chi connectivity index (χ3v) is 3.69. The van der Waals surface area contributed by atoms with Gasteiger partial charge in [0.25, 0.3) is 0 Å². The Hall–Kier alpha value is -1.93. The van der Waals surface area contributed by atoms with Gasteiger partial charge in [0.2, 0.25) is 0 Å². The second kappa shape index (κ2) is 6.23. The SMILES string of the molecule is O=[N+]([O-])c1cc(CNCc2ccc(C(F)(F)F)cc2)cs1. The predicted molar refractivity (Wildman–Crippen MR) is 73.0 cm³/mol. The lowest BCUT2D eigenvalue weighted by molar-refractivity contribution is -0.380. The first-order valence-corrected chi connectivity index (χ1v) is 6.83. The third-order valence-electron chi connectivity index (χ3n) is 2.76. The van der Waals surface area contributed by atoms with Gasteiger partial charge in [0.05, 0.1) is 10.5 Å². The van der Waals surface area contributed by atoms with Crippen LogP contribution in [0.15, 0.2) is 35.7 Å². The highest BCUT2D eigenvalue weighted by Gasteiger charge is 2.29. The van der Waals surface area contributed by atoms with Gasteiger partial charge in [-0.3, -0.25) is 10.1 Å². The summed E-state index contributed by atoms with van der Waals surface area (Å²) in [5, 5.41) is 15.3. The summed E-state index contributed by atoms with van der Waals surface area (Å²) in [5.41, 5.74) is 0.811. The molecule has 0 spiro atoms. The molecule has 0 saturated carbocycles. The summed E-state index contributed by atoms with van der Waals surface area (Å²) in [7, 11) is 0. The Balaban J connectivity index is 1.87. The standard InChI is InChI=1S/C13H11F3N2O2S/c14-13(15,16)11-3-1-9(2-4-11)6-17-7-10-5-12(18(19)20)21-8-10/h1-5,8,17H,6-7H2. The second-order valence-electron chi connectivity index (χ2n) is 4.35. The van der Waals surface area contributed by atoms with E-state index < -0.39 is 16.7 Å². The number of nitro groups is 1. The van der Waals surface area contributed by atoms with Crippen molar-refractivity contribution in [3.05, 3.63) is 62.5 Å². The first-order chi connectivity index (χ1) is 9.86. The fraction of sp³-hybridized carbons (Fsp3) is 0.231. The van der Waals surface area contributed by atoms with Gasteiger partial charge >= 0.3 is 11.2 Å². The van der Waals surface area contributed by atoms with Crippen molar-refractivity contribution in [3.8, 4) is 0 Å². The van der Waals surface area contributed by atoms with Crippen molar-refractivity contribution in [1.82, 2.24) is 5.32 Å². The Kier molecular flexibility index (Phi) is 4.59. The van der Waals surface area contributed by atoms with E-state index in [4.69, 9.17) is 0 Å². The van der Waals surface area contributed by atoms with Gasteiger partial charge in [0.1, 0.15) is 0 Å². The number of benzene rings is 1. The molecule has 1 aromatic carbocycles. The van der Waals surface area contributed by atoms with E-state index in [1.807, 2.05) is 0 Å². The number of nitrogens with zero attached hydrogens (tertiary/aromatic N) is 1. The maximum Gasteiger partial charge on any atom is 0.416 e. The van der Waals surface area contributed by atoms with Gasteiger partial charge in [-0.1, -0.05) is 23.5 Å². The number of hydrogen-bond acceptors (Lipinski definition) is 4. The lowest BCUT2D eigenvalue weighted by atomic mass is 10.1. The maximum absolute atomic E-state index is 12.4. The predicted octanol–water partition coefficient (Wildman–Crippen LogP) is 3.96. The molecule has 8 heteroatoms. The summed E-state index contributed by atoms with van der Waals surface area (Å²) in [5.74, 6) is 0. The van der Waals surface area contributed by atoms with E-state index >= 15 is 0 Å². The average molecular weight is 316 g/mol. The molecule has 0 bridgehead atoms. The van der Waals surface area contributed by atoms with Crippen molar-refractivity contribution in [2.24, 2.45) is 0 Å². The van der Waals surface area contributed by atoms with Crippen molar-refractivity contribution in [3.63, 3.8) is 0 Å². The Morgan fingerprint density at radius 1 is 1.14 bits per heavy atom. The Morgan fingerprint density at radius 2 is 1.76 bits per heavy atom. The number of rotatable bonds is 5. The molecule has 1 N–H and O–H groups in total. The van der Waals surface area contributed by atoms with Gasteiger partial charge in [0, 0.05) is 24.5 Å². The molecule has 0 unspecified atom stereocenters. The number of hydrogen-bond donors (Lipinski definition) is 1. The third kappa shape index (κ3) is 4.27. The van der Waals surface area contributed by atoms with Crippen LogP contribution >= 0.6 is 11.3 Å². The molecule has 0 atom stereocenters. The zero-order valence-electron chi connectivity index (χ0n) is 10.7. The molecule has 0 amide bonds. The fourth-order valence-electron chi connectivity index (χ4n) is 1.71. The quantitative estimate of drug-likeness (QED) is 0.671. The van der Waals surface area contributed by atoms with Gasteiger partial charge in [-0.15, -0.1) is 0 Å². The van der Waals surface area contributed by atoms with E-state index in [2.05, 4.69) is 5.32 Å². The zero-order valence-corrected chi connectivity index (χ0v) is 11.5. The minimum absolute atomic E-state index is 0.0707. The summed E-state index contributed by atoms with van der Waals surface area (Å²) >= 11 is 1.04. The summed E-state index contributed by atoms with van der Waals surface area (Å²) < 4.78 is 37.2. The van der Waals surface area contributed by atoms with Crippen molar-refractivity contribution >= 4 is 16.3 Å². The Morgan fingerprint density at radius 3 is 2.29 bits per heavy atom. The van der Waals surface area contributed by atoms with Crippen molar-refractivity contribution in [1.29, 1.82) is 0 Å². The van der Waals surface area contributed by atoms with Crippen LogP contribution < -0.4 is 5.32 Å². The van der Waals surface area contributed by atoms with Crippen LogP contribution in [0.3, 0.4) is 0 Å². The monoisotopic (exact) mass is 316 g/mol. The van der Waals surface area contributed by atoms with E-state index in [0.717, 1.165) is 29.0 Å². The highest BCUT2D eigenvalue weighted by molar-refractivity contribution is 7.13. The van der Waals surface area contributed by atoms with Crippen LogP contribution in [0, 0.1) is 10.1 Å². The molecule has 0 radical (unpaired) electrons. The molecule has 0 aliphatic heterocycles. The zero-order chi connectivity index (χ0) is 15.5. The largest absolute Gasteiger partial charge is 0.416 e. The van der Waals surface area contributed by atoms with Crippen molar-refractivity contribution in [2.75, 3.05) is 0 Å². The maximum atomic E-state index is 12.4. The molecule has 112 valence electrons. The second-order valence-corrected chi connectivity index (χ2v) is 5.24. The molecular formula is C13H11F3N2O2S. The van der Waals surface area contributed by atoms with Gasteiger partial charge < -0.3 is 5.32 Å². The van der Waals surface area contributed by atoms with Gasteiger partial charge in [-0.25, -0.2) is 0 Å². The molecule has 2 aromatic rings. The molecule has 0 saturated heterocycles. The minimum atomic E-state index is -4.33. The number of nitrogens with one attached hydrogen (secondary N) is 1. The van der Waals surface area contributed by atoms with Crippen LogP contribution in [0.5, 0.6) is 0 Å². The lowest BCUT2D eigenvalue weighted by Gasteiger charge is -2.08. The highest BCUT2D eigenvalue weighted by atomic mass is 32.1. The van der Waals surface area contributed by atoms with Crippen molar-refractivity contribution in [2.45, 2.75) is 19.3 Å². The summed E-state index contributed by atoms with van der Waals surface area (Å²) in [6.07, 6.45) is -4.33. The first kappa shape index (κ1) is 15.5. The van der Waals surface area contributed by atoms with Gasteiger partial charge in [-0.2, -0.15) is 13.2 Å². The average Bonchev–Trinajstić information content (AvgIpc) is 2.87. The topological polar surface area (TPSA) is 55.2 Å². The van der Waals surface area contributed by atoms with E-state index in [1.165, 1.54) is 18.2 Å². The molecule has 2 rings (SSSR count). The normalized spacial score (nSPS) is 11.6. The Labute approximate surface area is 122 Å². The lowest BCUT2D eigenvalue weighted by Crippen LogP contribution is -2.12. The van der Waals surface area contributed by atoms with E-state index in [-0.39, 0.29) is 5.00 Å². The molecule has 1 heterocycles. The van der Waals surface area contributed by atoms with E-state index in [0.29, 0.717) is 18.7 Å². The molecular weight excluding hydrogens is 305 g/mol. The molecule has 1 aromatic heterocycles. The smallest absolute Gasteiger partial charge is 0.309 e. The molecule has 0 aliphatic rings. The molecule has 21 heavy (non-hydrogen) atoms. The van der Waals surface area contributed by atoms with Crippen LogP contribution in [-0.2, 0) is 19.3 Å². The summed E-state index contributed by atoms with van der Waals surface area (Å²) in [6, 6.07) is 6.36. The molecule has 4 nitrogen and oxygen atoms in total. The van der Waals surface area contributed by atoms with Crippen LogP contribution in [0.2, 0.25) is 0 Å². The fourth-order valence-corrected chi connectivity index (χ4v) is 2.44. The number of thiophene rings is 1. The van der Waals surface area contributed by atoms with Gasteiger partial charge in [0.15, 0.2) is 0 Å². The Bertz CT molecular complexity index is 623. The van der Waals surface area contributed by atoms with Crippen LogP contribution in [0.1, 0.15) is 16.7 Å². The van der Waals surface area contributed by atoms with Crippen LogP contribution in [-0.4, -0.2) is 4.92 Å². The van der Waals surface area contributed by atoms with E-state index in [9.17, 15) is 23.3 Å². The minimum Gasteiger partial charge on any atom is -0.309 e. The van der Waals surface area contributed by atoms with Crippen LogP contribution in [0.4, 0.5) is 18.2 Å². The first-order valence-electron chi connectivity index (χ1n) is 5.95. The number of alkyl halides is 3. The van der Waals surface area contributed by atoms with E-state index in [1.54, 1.807) is 5.38 Å². The highest BCUT2D eigenvalue weighted by Crippen LogP contribution is 2.29. The van der Waals surface area contributed by atoms with Crippen LogP contribution in [0.25, 0.3) is 0 Å².